The van der Waals surface area contributed by atoms with Gasteiger partial charge in [-0.15, -0.1) is 0 Å². The monoisotopic (exact) mass is 404 g/mol. The lowest BCUT2D eigenvalue weighted by atomic mass is 9.73. The number of hydrogen-bond acceptors (Lipinski definition) is 4. The molecular formula is C22H48O4Si. The molecule has 0 saturated carbocycles. The SMILES string of the molecule is CC(C)OC(C)CC(C)(C)C(C)(C)OCCC(C)(C)OCCC[Si](C)(C)O. The second-order valence-electron chi connectivity index (χ2n) is 10.7. The fraction of sp³-hybridized carbons (Fsp3) is 1.00. The Hall–Kier alpha value is 0.0569. The van der Waals surface area contributed by atoms with Gasteiger partial charge in [0.1, 0.15) is 0 Å². The third kappa shape index (κ3) is 12.3. The minimum atomic E-state index is -1.96. The molecule has 0 bridgehead atoms. The summed E-state index contributed by atoms with van der Waals surface area (Å²) in [4.78, 5) is 9.92. The van der Waals surface area contributed by atoms with E-state index in [4.69, 9.17) is 14.2 Å². The van der Waals surface area contributed by atoms with Gasteiger partial charge >= 0.3 is 0 Å². The minimum Gasteiger partial charge on any atom is -0.432 e. The highest BCUT2D eigenvalue weighted by Crippen LogP contribution is 2.39. The fourth-order valence-corrected chi connectivity index (χ4v) is 4.16. The van der Waals surface area contributed by atoms with E-state index in [0.29, 0.717) is 13.2 Å². The largest absolute Gasteiger partial charge is 0.432 e. The molecule has 5 heteroatoms. The lowest BCUT2D eigenvalue weighted by Gasteiger charge is -2.43. The molecule has 0 aromatic carbocycles. The van der Waals surface area contributed by atoms with Gasteiger partial charge in [0, 0.05) is 6.61 Å². The van der Waals surface area contributed by atoms with Crippen molar-refractivity contribution in [1.82, 2.24) is 0 Å². The van der Waals surface area contributed by atoms with E-state index in [-0.39, 0.29) is 28.8 Å². The Morgan fingerprint density at radius 3 is 1.93 bits per heavy atom. The van der Waals surface area contributed by atoms with Crippen molar-refractivity contribution >= 4 is 8.32 Å². The van der Waals surface area contributed by atoms with Crippen LogP contribution in [0.5, 0.6) is 0 Å². The second-order valence-corrected chi connectivity index (χ2v) is 14.8. The van der Waals surface area contributed by atoms with Gasteiger partial charge in [0.15, 0.2) is 8.32 Å². The van der Waals surface area contributed by atoms with Gasteiger partial charge < -0.3 is 19.0 Å². The van der Waals surface area contributed by atoms with Gasteiger partial charge in [-0.2, -0.15) is 0 Å². The maximum absolute atomic E-state index is 9.92. The summed E-state index contributed by atoms with van der Waals surface area (Å²) in [6, 6.07) is 0.886. The summed E-state index contributed by atoms with van der Waals surface area (Å²) in [7, 11) is -1.96. The first-order chi connectivity index (χ1) is 12.0. The zero-order chi connectivity index (χ0) is 21.5. The molecule has 164 valence electrons. The van der Waals surface area contributed by atoms with Gasteiger partial charge in [-0.3, -0.25) is 0 Å². The summed E-state index contributed by atoms with van der Waals surface area (Å²) in [6.07, 6.45) is 3.19. The highest BCUT2D eigenvalue weighted by atomic mass is 28.4. The molecule has 0 aromatic heterocycles. The van der Waals surface area contributed by atoms with Crippen LogP contribution in [-0.2, 0) is 14.2 Å². The summed E-state index contributed by atoms with van der Waals surface area (Å²) >= 11 is 0. The van der Waals surface area contributed by atoms with Crippen LogP contribution in [0.3, 0.4) is 0 Å². The number of ether oxygens (including phenoxy) is 3. The molecule has 1 N–H and O–H groups in total. The Bertz CT molecular complexity index is 411. The van der Waals surface area contributed by atoms with Crippen LogP contribution >= 0.6 is 0 Å². The topological polar surface area (TPSA) is 47.9 Å². The van der Waals surface area contributed by atoms with E-state index in [2.05, 4.69) is 62.3 Å². The zero-order valence-corrected chi connectivity index (χ0v) is 21.1. The van der Waals surface area contributed by atoms with Crippen molar-refractivity contribution in [2.75, 3.05) is 13.2 Å². The van der Waals surface area contributed by atoms with Crippen molar-refractivity contribution < 1.29 is 19.0 Å². The van der Waals surface area contributed by atoms with Crippen LogP contribution in [0.2, 0.25) is 19.1 Å². The van der Waals surface area contributed by atoms with Gasteiger partial charge in [0.05, 0.1) is 30.0 Å². The molecule has 0 spiro atoms. The molecule has 0 heterocycles. The van der Waals surface area contributed by atoms with Crippen molar-refractivity contribution in [2.45, 2.75) is 124 Å². The van der Waals surface area contributed by atoms with Crippen LogP contribution in [0.1, 0.15) is 81.6 Å². The molecule has 0 aromatic rings. The molecule has 0 aliphatic heterocycles. The van der Waals surface area contributed by atoms with E-state index < -0.39 is 8.32 Å². The van der Waals surface area contributed by atoms with Crippen molar-refractivity contribution in [1.29, 1.82) is 0 Å². The molecule has 4 nitrogen and oxygen atoms in total. The van der Waals surface area contributed by atoms with Crippen LogP contribution in [-0.4, -0.2) is 49.7 Å². The van der Waals surface area contributed by atoms with Crippen LogP contribution < -0.4 is 0 Å². The lowest BCUT2D eigenvalue weighted by molar-refractivity contribution is -0.133. The third-order valence-electron chi connectivity index (χ3n) is 5.52. The zero-order valence-electron chi connectivity index (χ0n) is 20.1. The van der Waals surface area contributed by atoms with Gasteiger partial charge in [-0.1, -0.05) is 13.8 Å². The Balaban J connectivity index is 4.41. The number of rotatable bonds is 14. The van der Waals surface area contributed by atoms with Crippen molar-refractivity contribution in [3.63, 3.8) is 0 Å². The molecule has 1 atom stereocenters. The van der Waals surface area contributed by atoms with E-state index in [1.807, 2.05) is 13.1 Å². The molecule has 0 saturated heterocycles. The van der Waals surface area contributed by atoms with Crippen LogP contribution in [0, 0.1) is 5.41 Å². The first-order valence-corrected chi connectivity index (χ1v) is 13.8. The normalized spacial score (nSPS) is 15.4. The molecule has 0 aliphatic carbocycles. The molecule has 0 fully saturated rings. The van der Waals surface area contributed by atoms with Crippen LogP contribution in [0.25, 0.3) is 0 Å². The average Bonchev–Trinajstić information content (AvgIpc) is 2.40. The summed E-state index contributed by atoms with van der Waals surface area (Å²) in [5.74, 6) is 0. The summed E-state index contributed by atoms with van der Waals surface area (Å²) in [5.41, 5.74) is -0.455. The highest BCUT2D eigenvalue weighted by Gasteiger charge is 2.39. The smallest absolute Gasteiger partial charge is 0.182 e. The van der Waals surface area contributed by atoms with Crippen molar-refractivity contribution in [3.8, 4) is 0 Å². The minimum absolute atomic E-state index is 0.00361. The van der Waals surface area contributed by atoms with E-state index in [0.717, 1.165) is 25.3 Å². The van der Waals surface area contributed by atoms with Crippen molar-refractivity contribution in [3.05, 3.63) is 0 Å². The van der Waals surface area contributed by atoms with Gasteiger partial charge in [0.25, 0.3) is 0 Å². The van der Waals surface area contributed by atoms with Crippen LogP contribution in [0.15, 0.2) is 0 Å². The standard InChI is InChI=1S/C22H48O4Si/c1-18(2)26-19(3)17-20(4,5)22(8,9)25-15-13-21(6,7)24-14-12-16-27(10,11)23/h18-19,23H,12-17H2,1-11H3. The van der Waals surface area contributed by atoms with E-state index >= 15 is 0 Å². The summed E-state index contributed by atoms with van der Waals surface area (Å²) in [6.45, 7) is 24.7. The van der Waals surface area contributed by atoms with Crippen molar-refractivity contribution in [2.24, 2.45) is 5.41 Å². The molecule has 0 rings (SSSR count). The van der Waals surface area contributed by atoms with Gasteiger partial charge in [0.2, 0.25) is 0 Å². The van der Waals surface area contributed by atoms with E-state index in [9.17, 15) is 4.80 Å². The quantitative estimate of drug-likeness (QED) is 0.294. The first-order valence-electron chi connectivity index (χ1n) is 10.6. The summed E-state index contributed by atoms with van der Waals surface area (Å²) < 4.78 is 18.3. The Kier molecular flexibility index (Phi) is 10.7. The maximum Gasteiger partial charge on any atom is 0.182 e. The predicted octanol–water partition coefficient (Wildman–Crippen LogP) is 5.78. The van der Waals surface area contributed by atoms with Gasteiger partial charge in [-0.05, 0) is 92.3 Å². The Morgan fingerprint density at radius 1 is 0.889 bits per heavy atom. The van der Waals surface area contributed by atoms with E-state index in [1.165, 1.54) is 0 Å². The van der Waals surface area contributed by atoms with Crippen LogP contribution in [0.4, 0.5) is 0 Å². The molecule has 0 amide bonds. The lowest BCUT2D eigenvalue weighted by Crippen LogP contribution is -2.44. The first kappa shape index (κ1) is 27.1. The van der Waals surface area contributed by atoms with E-state index in [1.54, 1.807) is 0 Å². The molecule has 1 unspecified atom stereocenters. The predicted molar refractivity (Wildman–Crippen MR) is 118 cm³/mol. The summed E-state index contributed by atoms with van der Waals surface area (Å²) in [5, 5.41) is 0. The van der Waals surface area contributed by atoms with Gasteiger partial charge in [-0.25, -0.2) is 0 Å². The third-order valence-corrected chi connectivity index (χ3v) is 7.10. The molecule has 27 heavy (non-hydrogen) atoms. The maximum atomic E-state index is 9.92. The molecule has 0 radical (unpaired) electrons. The Labute approximate surface area is 170 Å². The second kappa shape index (κ2) is 10.7. The highest BCUT2D eigenvalue weighted by molar-refractivity contribution is 6.69. The Morgan fingerprint density at radius 2 is 1.44 bits per heavy atom. The average molecular weight is 405 g/mol. The molecular weight excluding hydrogens is 356 g/mol. The molecule has 0 aliphatic rings. The number of hydrogen-bond donors (Lipinski definition) is 1. The fourth-order valence-electron chi connectivity index (χ4n) is 3.15.